The molecule has 0 unspecified atom stereocenters. The first kappa shape index (κ1) is 17.6. The number of para-hydroxylation sites is 1. The molecule has 6 heteroatoms. The first-order valence-electron chi connectivity index (χ1n) is 8.75. The number of amides is 1. The lowest BCUT2D eigenvalue weighted by Crippen LogP contribution is -2.50. The highest BCUT2D eigenvalue weighted by Crippen LogP contribution is 2.24. The van der Waals surface area contributed by atoms with Gasteiger partial charge in [-0.2, -0.15) is 0 Å². The highest BCUT2D eigenvalue weighted by Gasteiger charge is 2.32. The quantitative estimate of drug-likeness (QED) is 0.860. The van der Waals surface area contributed by atoms with E-state index in [1.54, 1.807) is 9.58 Å². The molecule has 134 valence electrons. The smallest absolute Gasteiger partial charge is 0.293 e. The number of nitrogens with zero attached hydrogens (tertiary/aromatic N) is 4. The van der Waals surface area contributed by atoms with Gasteiger partial charge in [0.15, 0.2) is 0 Å². The van der Waals surface area contributed by atoms with Gasteiger partial charge in [0.2, 0.25) is 5.82 Å². The van der Waals surface area contributed by atoms with Gasteiger partial charge in [-0.25, -0.2) is 9.67 Å². The van der Waals surface area contributed by atoms with Gasteiger partial charge in [0.05, 0.1) is 17.9 Å². The van der Waals surface area contributed by atoms with Crippen LogP contribution in [0.4, 0.5) is 0 Å². The average Bonchev–Trinajstić information content (AvgIpc) is 2.95. The number of benzene rings is 1. The molecule has 2 aromatic rings. The van der Waals surface area contributed by atoms with Crippen molar-refractivity contribution in [3.05, 3.63) is 41.5 Å². The Hall–Kier alpha value is -2.21. The molecule has 0 bridgehead atoms. The topological polar surface area (TPSA) is 60.3 Å². The fraction of sp³-hybridized carbons (Fsp3) is 0.526. The van der Waals surface area contributed by atoms with Crippen LogP contribution in [0.5, 0.6) is 0 Å². The molecule has 1 saturated heterocycles. The van der Waals surface area contributed by atoms with Crippen molar-refractivity contribution in [3.8, 4) is 5.69 Å². The van der Waals surface area contributed by atoms with E-state index in [1.165, 1.54) is 5.56 Å². The lowest BCUT2D eigenvalue weighted by Gasteiger charge is -2.37. The number of hydrogen-bond acceptors (Lipinski definition) is 4. The van der Waals surface area contributed by atoms with Crippen molar-refractivity contribution in [2.45, 2.75) is 46.1 Å². The summed E-state index contributed by atoms with van der Waals surface area (Å²) in [5.74, 6) is 1.18. The minimum atomic E-state index is -0.338. The standard InChI is InChI=1S/C19H26N4O2/c1-13(2)15-8-6-7-9-16(15)23-14(3)20-17(21-23)18(24)22-10-11-25-19(4,5)12-22/h6-9,13H,10-12H2,1-5H3. The molecule has 0 aliphatic carbocycles. The van der Waals surface area contributed by atoms with Gasteiger partial charge in [0.1, 0.15) is 5.82 Å². The molecule has 1 aromatic heterocycles. The second kappa shape index (κ2) is 6.59. The number of carbonyl (C=O) groups is 1. The Bertz CT molecular complexity index is 779. The summed E-state index contributed by atoms with van der Waals surface area (Å²) in [5, 5.41) is 4.52. The summed E-state index contributed by atoms with van der Waals surface area (Å²) in [6, 6.07) is 8.11. The molecule has 2 heterocycles. The van der Waals surface area contributed by atoms with Crippen LogP contribution in [0, 0.1) is 6.92 Å². The summed E-state index contributed by atoms with van der Waals surface area (Å²) < 4.78 is 7.45. The maximum Gasteiger partial charge on any atom is 0.293 e. The molecule has 0 radical (unpaired) electrons. The van der Waals surface area contributed by atoms with Crippen molar-refractivity contribution in [1.82, 2.24) is 19.7 Å². The minimum absolute atomic E-state index is 0.139. The third kappa shape index (κ3) is 3.58. The van der Waals surface area contributed by atoms with Gasteiger partial charge in [0.25, 0.3) is 5.91 Å². The summed E-state index contributed by atoms with van der Waals surface area (Å²) >= 11 is 0. The third-order valence-corrected chi connectivity index (χ3v) is 4.46. The van der Waals surface area contributed by atoms with Crippen LogP contribution in [-0.2, 0) is 4.74 Å². The Balaban J connectivity index is 1.92. The Kier molecular flexibility index (Phi) is 4.64. The summed E-state index contributed by atoms with van der Waals surface area (Å²) in [7, 11) is 0. The lowest BCUT2D eigenvalue weighted by molar-refractivity contribution is -0.0766. The second-order valence-corrected chi connectivity index (χ2v) is 7.44. The predicted octanol–water partition coefficient (Wildman–Crippen LogP) is 2.95. The van der Waals surface area contributed by atoms with Crippen LogP contribution < -0.4 is 0 Å². The van der Waals surface area contributed by atoms with Crippen LogP contribution in [0.3, 0.4) is 0 Å². The number of aryl methyl sites for hydroxylation is 1. The summed E-state index contributed by atoms with van der Waals surface area (Å²) in [6.07, 6.45) is 0. The van der Waals surface area contributed by atoms with Gasteiger partial charge >= 0.3 is 0 Å². The molecular formula is C19H26N4O2. The van der Waals surface area contributed by atoms with Gasteiger partial charge < -0.3 is 9.64 Å². The van der Waals surface area contributed by atoms with Crippen LogP contribution in [-0.4, -0.2) is 50.9 Å². The van der Waals surface area contributed by atoms with E-state index in [0.29, 0.717) is 31.4 Å². The molecular weight excluding hydrogens is 316 g/mol. The zero-order chi connectivity index (χ0) is 18.2. The van der Waals surface area contributed by atoms with E-state index < -0.39 is 0 Å². The first-order valence-corrected chi connectivity index (χ1v) is 8.75. The SMILES string of the molecule is Cc1nc(C(=O)N2CCOC(C)(C)C2)nn1-c1ccccc1C(C)C. The molecule has 1 fully saturated rings. The number of rotatable bonds is 3. The van der Waals surface area contributed by atoms with Gasteiger partial charge in [-0.05, 0) is 38.3 Å². The number of ether oxygens (including phenoxy) is 1. The molecule has 0 atom stereocenters. The molecule has 1 aliphatic heterocycles. The zero-order valence-corrected chi connectivity index (χ0v) is 15.6. The van der Waals surface area contributed by atoms with Crippen LogP contribution in [0.1, 0.15) is 55.6 Å². The van der Waals surface area contributed by atoms with Crippen LogP contribution in [0.2, 0.25) is 0 Å². The third-order valence-electron chi connectivity index (χ3n) is 4.46. The van der Waals surface area contributed by atoms with Gasteiger partial charge in [-0.1, -0.05) is 32.0 Å². The summed E-state index contributed by atoms with van der Waals surface area (Å²) in [6.45, 7) is 11.8. The van der Waals surface area contributed by atoms with E-state index in [0.717, 1.165) is 5.69 Å². The fourth-order valence-corrected chi connectivity index (χ4v) is 3.21. The molecule has 0 saturated carbocycles. The maximum absolute atomic E-state index is 12.8. The Morgan fingerprint density at radius 3 is 2.68 bits per heavy atom. The highest BCUT2D eigenvalue weighted by molar-refractivity contribution is 5.90. The maximum atomic E-state index is 12.8. The van der Waals surface area contributed by atoms with Gasteiger partial charge in [-0.15, -0.1) is 5.10 Å². The second-order valence-electron chi connectivity index (χ2n) is 7.44. The molecule has 25 heavy (non-hydrogen) atoms. The molecule has 1 amide bonds. The normalized spacial score (nSPS) is 17.1. The van der Waals surface area contributed by atoms with Crippen molar-refractivity contribution in [3.63, 3.8) is 0 Å². The number of hydrogen-bond donors (Lipinski definition) is 0. The van der Waals surface area contributed by atoms with Crippen LogP contribution in [0.25, 0.3) is 5.69 Å². The molecule has 0 spiro atoms. The summed E-state index contributed by atoms with van der Waals surface area (Å²) in [5.41, 5.74) is 1.82. The van der Waals surface area contributed by atoms with Gasteiger partial charge in [0, 0.05) is 13.1 Å². The molecule has 1 aliphatic rings. The number of carbonyl (C=O) groups excluding carboxylic acids is 1. The lowest BCUT2D eigenvalue weighted by atomic mass is 10.0. The number of morpholine rings is 1. The van der Waals surface area contributed by atoms with Crippen molar-refractivity contribution in [2.75, 3.05) is 19.7 Å². The molecule has 6 nitrogen and oxygen atoms in total. The van der Waals surface area contributed by atoms with Crippen LogP contribution >= 0.6 is 0 Å². The minimum Gasteiger partial charge on any atom is -0.372 e. The van der Waals surface area contributed by atoms with Gasteiger partial charge in [-0.3, -0.25) is 4.79 Å². The number of aromatic nitrogens is 3. The van der Waals surface area contributed by atoms with Crippen LogP contribution in [0.15, 0.2) is 24.3 Å². The first-order chi connectivity index (χ1) is 11.8. The highest BCUT2D eigenvalue weighted by atomic mass is 16.5. The zero-order valence-electron chi connectivity index (χ0n) is 15.6. The van der Waals surface area contributed by atoms with Crippen molar-refractivity contribution in [2.24, 2.45) is 0 Å². The monoisotopic (exact) mass is 342 g/mol. The Morgan fingerprint density at radius 1 is 1.28 bits per heavy atom. The Morgan fingerprint density at radius 2 is 2.00 bits per heavy atom. The molecule has 1 aromatic carbocycles. The molecule has 0 N–H and O–H groups in total. The van der Waals surface area contributed by atoms with E-state index in [2.05, 4.69) is 30.0 Å². The van der Waals surface area contributed by atoms with E-state index in [-0.39, 0.29) is 17.3 Å². The van der Waals surface area contributed by atoms with Crippen molar-refractivity contribution >= 4 is 5.91 Å². The van der Waals surface area contributed by atoms with E-state index in [4.69, 9.17) is 4.74 Å². The largest absolute Gasteiger partial charge is 0.372 e. The molecule has 3 rings (SSSR count). The van der Waals surface area contributed by atoms with E-state index >= 15 is 0 Å². The van der Waals surface area contributed by atoms with E-state index in [9.17, 15) is 4.79 Å². The fourth-order valence-electron chi connectivity index (χ4n) is 3.21. The van der Waals surface area contributed by atoms with Crippen molar-refractivity contribution < 1.29 is 9.53 Å². The van der Waals surface area contributed by atoms with Crippen molar-refractivity contribution in [1.29, 1.82) is 0 Å². The Labute approximate surface area is 148 Å². The average molecular weight is 342 g/mol. The summed E-state index contributed by atoms with van der Waals surface area (Å²) in [4.78, 5) is 19.0. The van der Waals surface area contributed by atoms with E-state index in [1.807, 2.05) is 39.0 Å². The predicted molar refractivity (Wildman–Crippen MR) is 96.1 cm³/mol.